The monoisotopic (exact) mass is 479 g/mol. The molecule has 3 aromatic rings. The minimum Gasteiger partial charge on any atom is -0.487 e. The zero-order valence-electron chi connectivity index (χ0n) is 19.4. The lowest BCUT2D eigenvalue weighted by molar-refractivity contribution is -0.124. The summed E-state index contributed by atoms with van der Waals surface area (Å²) in [4.78, 5) is 12.4. The van der Waals surface area contributed by atoms with E-state index in [0.29, 0.717) is 55.1 Å². The van der Waals surface area contributed by atoms with Crippen molar-refractivity contribution in [2.24, 2.45) is 0 Å². The van der Waals surface area contributed by atoms with Crippen molar-refractivity contribution in [1.29, 1.82) is 0 Å². The number of ether oxygens (including phenoxy) is 6. The number of fused-ring (bicyclic) bond motifs is 2. The predicted octanol–water partition coefficient (Wildman–Crippen LogP) is 3.96. The number of rotatable bonds is 4. The summed E-state index contributed by atoms with van der Waals surface area (Å²) in [6, 6.07) is 24.0. The van der Waals surface area contributed by atoms with Crippen molar-refractivity contribution >= 4 is 11.6 Å². The highest BCUT2D eigenvalue weighted by Gasteiger charge is 2.17. The number of amides is 1. The van der Waals surface area contributed by atoms with Gasteiger partial charge in [-0.25, -0.2) is 0 Å². The number of carbonyl (C=O) groups excluding carboxylic acids is 1. The highest BCUT2D eigenvalue weighted by molar-refractivity contribution is 5.91. The van der Waals surface area contributed by atoms with Gasteiger partial charge in [0.25, 0.3) is 0 Å². The Balaban J connectivity index is 1.44. The van der Waals surface area contributed by atoms with Crippen molar-refractivity contribution in [3.63, 3.8) is 0 Å². The summed E-state index contributed by atoms with van der Waals surface area (Å²) in [5.74, 6) is 2.09. The van der Waals surface area contributed by atoms with Gasteiger partial charge in [0.1, 0.15) is 39.1 Å². The molecule has 4 rings (SSSR count). The van der Waals surface area contributed by atoms with Gasteiger partial charge in [-0.05, 0) is 36.4 Å². The van der Waals surface area contributed by atoms with Crippen LogP contribution >= 0.6 is 0 Å². The summed E-state index contributed by atoms with van der Waals surface area (Å²) in [5, 5.41) is 2.81. The van der Waals surface area contributed by atoms with Crippen LogP contribution in [0.15, 0.2) is 78.9 Å². The molecule has 0 bridgehead atoms. The molecule has 0 saturated carbocycles. The van der Waals surface area contributed by atoms with Gasteiger partial charge in [-0.3, -0.25) is 4.79 Å². The maximum absolute atomic E-state index is 12.4. The molecule has 8 nitrogen and oxygen atoms in total. The third-order valence-electron chi connectivity index (χ3n) is 5.03. The molecule has 0 aromatic heterocycles. The molecule has 1 amide bonds. The predicted molar refractivity (Wildman–Crippen MR) is 130 cm³/mol. The number of nitrogens with one attached hydrogen (secondary N) is 1. The van der Waals surface area contributed by atoms with E-state index in [0.717, 1.165) is 0 Å². The summed E-state index contributed by atoms with van der Waals surface area (Å²) < 4.78 is 35.1. The molecule has 0 unspecified atom stereocenters. The molecule has 0 spiro atoms. The van der Waals surface area contributed by atoms with Crippen LogP contribution in [0.2, 0.25) is 0 Å². The van der Waals surface area contributed by atoms with Gasteiger partial charge < -0.3 is 33.7 Å². The molecule has 0 radical (unpaired) electrons. The van der Waals surface area contributed by atoms with E-state index in [9.17, 15) is 4.79 Å². The number of para-hydroxylation sites is 5. The molecule has 1 aliphatic heterocycles. The van der Waals surface area contributed by atoms with Crippen molar-refractivity contribution in [1.82, 2.24) is 0 Å². The summed E-state index contributed by atoms with van der Waals surface area (Å²) in [6.45, 7) is 1.73. The molecule has 1 N–H and O–H groups in total. The van der Waals surface area contributed by atoms with E-state index >= 15 is 0 Å². The van der Waals surface area contributed by atoms with Gasteiger partial charge >= 0.3 is 0 Å². The molecule has 184 valence electrons. The van der Waals surface area contributed by atoms with E-state index in [1.807, 2.05) is 78.9 Å². The minimum absolute atomic E-state index is 0.151. The zero-order chi connectivity index (χ0) is 24.1. The van der Waals surface area contributed by atoms with Crippen molar-refractivity contribution in [3.8, 4) is 23.0 Å². The van der Waals surface area contributed by atoms with Crippen LogP contribution in [0.1, 0.15) is 0 Å². The summed E-state index contributed by atoms with van der Waals surface area (Å²) in [6.07, 6.45) is -0.533. The normalized spacial score (nSPS) is 15.2. The molecule has 1 heterocycles. The molecule has 35 heavy (non-hydrogen) atoms. The van der Waals surface area contributed by atoms with Crippen LogP contribution in [-0.4, -0.2) is 58.3 Å². The van der Waals surface area contributed by atoms with Crippen LogP contribution in [0.3, 0.4) is 0 Å². The van der Waals surface area contributed by atoms with Crippen LogP contribution in [0, 0.1) is 0 Å². The van der Waals surface area contributed by atoms with E-state index in [2.05, 4.69) is 5.32 Å². The molecular formula is C27H29NO7. The van der Waals surface area contributed by atoms with E-state index in [4.69, 9.17) is 28.4 Å². The first-order chi connectivity index (χ1) is 17.3. The van der Waals surface area contributed by atoms with Gasteiger partial charge in [0.05, 0.1) is 13.2 Å². The molecule has 1 aliphatic rings. The quantitative estimate of drug-likeness (QED) is 0.606. The second kappa shape index (κ2) is 13.2. The minimum atomic E-state index is -0.533. The summed E-state index contributed by atoms with van der Waals surface area (Å²) in [7, 11) is 0. The zero-order valence-corrected chi connectivity index (χ0v) is 19.4. The fourth-order valence-corrected chi connectivity index (χ4v) is 3.32. The standard InChI is InChI=1S/C27H29NO7/c29-27(28-21-8-2-1-3-9-21)20-33-22-18-34-25-12-6-4-10-23(25)31-16-14-30-15-17-32-24-11-5-7-13-26(24)35-19-22/h1-13,22H,14-20H2,(H,28,29). The first-order valence-electron chi connectivity index (χ1n) is 11.5. The average Bonchev–Trinajstić information content (AvgIpc) is 2.89. The molecule has 8 heteroatoms. The largest absolute Gasteiger partial charge is 0.487 e. The van der Waals surface area contributed by atoms with E-state index in [1.165, 1.54) is 0 Å². The Morgan fingerprint density at radius 1 is 0.686 bits per heavy atom. The van der Waals surface area contributed by atoms with E-state index < -0.39 is 6.10 Å². The topological polar surface area (TPSA) is 84.5 Å². The van der Waals surface area contributed by atoms with Gasteiger partial charge in [0, 0.05) is 5.69 Å². The maximum atomic E-state index is 12.4. The fraction of sp³-hybridized carbons (Fsp3) is 0.296. The lowest BCUT2D eigenvalue weighted by atomic mass is 10.3. The van der Waals surface area contributed by atoms with Crippen LogP contribution in [0.25, 0.3) is 0 Å². The fourth-order valence-electron chi connectivity index (χ4n) is 3.32. The molecule has 0 saturated heterocycles. The third kappa shape index (κ3) is 7.91. The Morgan fingerprint density at radius 2 is 1.17 bits per heavy atom. The SMILES string of the molecule is O=C(COC1COc2ccccc2OCCOCCOc2ccccc2OC1)Nc1ccccc1. The Kier molecular flexibility index (Phi) is 9.21. The Labute approximate surface area is 204 Å². The first-order valence-corrected chi connectivity index (χ1v) is 11.5. The van der Waals surface area contributed by atoms with Gasteiger partial charge in [-0.15, -0.1) is 0 Å². The number of hydrogen-bond acceptors (Lipinski definition) is 7. The highest BCUT2D eigenvalue weighted by atomic mass is 16.6. The third-order valence-corrected chi connectivity index (χ3v) is 5.03. The average molecular weight is 480 g/mol. The van der Waals surface area contributed by atoms with Crippen LogP contribution in [0.5, 0.6) is 23.0 Å². The van der Waals surface area contributed by atoms with Crippen LogP contribution < -0.4 is 24.3 Å². The second-order valence-corrected chi connectivity index (χ2v) is 7.67. The van der Waals surface area contributed by atoms with Gasteiger partial charge in [0.15, 0.2) is 23.0 Å². The lowest BCUT2D eigenvalue weighted by Crippen LogP contribution is -2.32. The molecular weight excluding hydrogens is 450 g/mol. The molecule has 0 aliphatic carbocycles. The molecule has 0 atom stereocenters. The number of anilines is 1. The van der Waals surface area contributed by atoms with E-state index in [-0.39, 0.29) is 25.7 Å². The van der Waals surface area contributed by atoms with Crippen LogP contribution in [-0.2, 0) is 14.3 Å². The number of benzene rings is 3. The Bertz CT molecular complexity index is 1000. The first kappa shape index (κ1) is 24.4. The van der Waals surface area contributed by atoms with Crippen molar-refractivity contribution in [2.45, 2.75) is 6.10 Å². The van der Waals surface area contributed by atoms with Crippen molar-refractivity contribution < 1.29 is 33.2 Å². The lowest BCUT2D eigenvalue weighted by Gasteiger charge is -2.21. The highest BCUT2D eigenvalue weighted by Crippen LogP contribution is 2.28. The Morgan fingerprint density at radius 3 is 1.71 bits per heavy atom. The van der Waals surface area contributed by atoms with E-state index in [1.54, 1.807) is 0 Å². The summed E-state index contributed by atoms with van der Waals surface area (Å²) in [5.41, 5.74) is 0.702. The van der Waals surface area contributed by atoms with Gasteiger partial charge in [0.2, 0.25) is 5.91 Å². The maximum Gasteiger partial charge on any atom is 0.250 e. The van der Waals surface area contributed by atoms with Crippen molar-refractivity contribution in [2.75, 3.05) is 51.6 Å². The Hall–Kier alpha value is -3.75. The smallest absolute Gasteiger partial charge is 0.250 e. The van der Waals surface area contributed by atoms with Crippen molar-refractivity contribution in [3.05, 3.63) is 78.9 Å². The molecule has 3 aromatic carbocycles. The summed E-state index contributed by atoms with van der Waals surface area (Å²) >= 11 is 0. The number of carbonyl (C=O) groups is 1. The number of hydrogen-bond donors (Lipinski definition) is 1. The van der Waals surface area contributed by atoms with Crippen LogP contribution in [0.4, 0.5) is 5.69 Å². The van der Waals surface area contributed by atoms with Gasteiger partial charge in [-0.1, -0.05) is 42.5 Å². The second-order valence-electron chi connectivity index (χ2n) is 7.67. The molecule has 0 fully saturated rings. The van der Waals surface area contributed by atoms with Gasteiger partial charge in [-0.2, -0.15) is 0 Å².